The highest BCUT2D eigenvalue weighted by Crippen LogP contribution is 2.32. The topological polar surface area (TPSA) is 118 Å². The summed E-state index contributed by atoms with van der Waals surface area (Å²) in [6, 6.07) is 19.2. The van der Waals surface area contributed by atoms with Crippen LogP contribution in [0.25, 0.3) is 0 Å². The molecule has 0 bridgehead atoms. The summed E-state index contributed by atoms with van der Waals surface area (Å²) in [4.78, 5) is 35.5. The highest BCUT2D eigenvalue weighted by Gasteiger charge is 2.41. The maximum absolute atomic E-state index is 16.5. The third kappa shape index (κ3) is 8.55. The summed E-state index contributed by atoms with van der Waals surface area (Å²) in [5.74, 6) is -1.98. The summed E-state index contributed by atoms with van der Waals surface area (Å²) < 4.78 is 16.5. The minimum Gasteiger partial charge on any atom is -0.390 e. The number of pyridine rings is 1. The van der Waals surface area contributed by atoms with Crippen molar-refractivity contribution in [1.29, 1.82) is 0 Å². The molecule has 1 aliphatic carbocycles. The maximum atomic E-state index is 16.5. The fourth-order valence-electron chi connectivity index (χ4n) is 6.53. The van der Waals surface area contributed by atoms with Gasteiger partial charge in [0.1, 0.15) is 12.2 Å². The van der Waals surface area contributed by atoms with Gasteiger partial charge in [-0.25, -0.2) is 4.39 Å². The second kappa shape index (κ2) is 14.8. The fourth-order valence-corrected chi connectivity index (χ4v) is 6.53. The van der Waals surface area contributed by atoms with Crippen LogP contribution < -0.4 is 10.6 Å². The molecule has 6 atom stereocenters. The number of nitrogens with zero attached hydrogens (tertiary/aromatic N) is 3. The smallest absolute Gasteiger partial charge is 0.239 e. The second-order valence-electron chi connectivity index (χ2n) is 13.6. The van der Waals surface area contributed by atoms with Crippen molar-refractivity contribution in [3.63, 3.8) is 0 Å². The molecule has 4 N–H and O–H groups in total. The monoisotopic (exact) mass is 631 g/mol. The molecular weight excluding hydrogens is 585 g/mol. The number of hydrogen-bond acceptors (Lipinski definition) is 7. The van der Waals surface area contributed by atoms with Gasteiger partial charge in [-0.3, -0.25) is 24.4 Å². The molecule has 0 spiro atoms. The Hall–Kier alpha value is -3.70. The van der Waals surface area contributed by atoms with E-state index in [0.29, 0.717) is 32.6 Å². The van der Waals surface area contributed by atoms with E-state index in [1.165, 1.54) is 0 Å². The predicted octanol–water partition coefficient (Wildman–Crippen LogP) is 2.81. The first-order valence-electron chi connectivity index (χ1n) is 16.1. The standard InChI is InChI=1S/C36H46FN5O4/c1-36(2,3)40-35(46)29-22-41(21-25-12-9-15-38-20-25)16-17-42(29)23-31(44)32(37)28(18-24-10-5-4-6-11-24)34(45)39-33-27-14-8-7-13-26(27)19-30(33)43/h4-15,20,28-33,43-44H,16-19,21-23H2,1-3H3,(H,39,45)(H,40,46)/t28-,29+,30-,31-,32+,33?/m1/s1. The number of aliphatic hydroxyl groups excluding tert-OH is 2. The molecule has 2 aromatic carbocycles. The van der Waals surface area contributed by atoms with Gasteiger partial charge >= 0.3 is 0 Å². The highest BCUT2D eigenvalue weighted by atomic mass is 19.1. The van der Waals surface area contributed by atoms with Crippen molar-refractivity contribution < 1.29 is 24.2 Å². The Labute approximate surface area is 270 Å². The number of hydrogen-bond donors (Lipinski definition) is 4. The number of carbonyl (C=O) groups is 2. The van der Waals surface area contributed by atoms with Gasteiger partial charge in [-0.05, 0) is 55.5 Å². The zero-order valence-electron chi connectivity index (χ0n) is 26.8. The van der Waals surface area contributed by atoms with Crippen LogP contribution in [0.5, 0.6) is 0 Å². The van der Waals surface area contributed by atoms with Crippen LogP contribution in [0.15, 0.2) is 79.1 Å². The number of halogens is 1. The molecule has 0 radical (unpaired) electrons. The van der Waals surface area contributed by atoms with Crippen LogP contribution in [0.1, 0.15) is 49.1 Å². The molecule has 2 heterocycles. The van der Waals surface area contributed by atoms with E-state index >= 15 is 4.39 Å². The van der Waals surface area contributed by atoms with Crippen LogP contribution in [0, 0.1) is 5.92 Å². The van der Waals surface area contributed by atoms with Gasteiger partial charge in [-0.15, -0.1) is 0 Å². The molecule has 0 saturated carbocycles. The lowest BCUT2D eigenvalue weighted by atomic mass is 9.90. The lowest BCUT2D eigenvalue weighted by Gasteiger charge is -2.42. The number of rotatable bonds is 11. The summed E-state index contributed by atoms with van der Waals surface area (Å²) in [5.41, 5.74) is 3.07. The Bertz CT molecular complexity index is 1450. The van der Waals surface area contributed by atoms with Crippen molar-refractivity contribution in [3.8, 4) is 0 Å². The average Bonchev–Trinajstić information content (AvgIpc) is 3.34. The van der Waals surface area contributed by atoms with Crippen molar-refractivity contribution in [3.05, 3.63) is 101 Å². The van der Waals surface area contributed by atoms with E-state index in [2.05, 4.69) is 20.5 Å². The van der Waals surface area contributed by atoms with E-state index in [0.717, 1.165) is 22.3 Å². The number of benzene rings is 2. The van der Waals surface area contributed by atoms with Crippen LogP contribution in [0.3, 0.4) is 0 Å². The zero-order valence-corrected chi connectivity index (χ0v) is 26.8. The molecule has 9 nitrogen and oxygen atoms in total. The Morgan fingerprint density at radius 1 is 1.02 bits per heavy atom. The lowest BCUT2D eigenvalue weighted by Crippen LogP contribution is -2.62. The first-order chi connectivity index (χ1) is 22.0. The van der Waals surface area contributed by atoms with E-state index in [-0.39, 0.29) is 18.9 Å². The second-order valence-corrected chi connectivity index (χ2v) is 13.6. The van der Waals surface area contributed by atoms with Crippen molar-refractivity contribution in [1.82, 2.24) is 25.4 Å². The maximum Gasteiger partial charge on any atom is 0.239 e. The number of amides is 2. The van der Waals surface area contributed by atoms with Crippen LogP contribution in [0.2, 0.25) is 0 Å². The summed E-state index contributed by atoms with van der Waals surface area (Å²) >= 11 is 0. The van der Waals surface area contributed by atoms with Gasteiger partial charge in [0.25, 0.3) is 0 Å². The average molecular weight is 632 g/mol. The first-order valence-corrected chi connectivity index (χ1v) is 16.1. The number of piperazine rings is 1. The number of alkyl halides is 1. The molecule has 46 heavy (non-hydrogen) atoms. The van der Waals surface area contributed by atoms with Gasteiger partial charge in [0.15, 0.2) is 0 Å². The van der Waals surface area contributed by atoms with Gasteiger partial charge in [0, 0.05) is 57.1 Å². The molecule has 1 unspecified atom stereocenters. The molecule has 3 aromatic rings. The van der Waals surface area contributed by atoms with Gasteiger partial charge in [-0.2, -0.15) is 0 Å². The van der Waals surface area contributed by atoms with Crippen molar-refractivity contribution >= 4 is 11.8 Å². The van der Waals surface area contributed by atoms with Crippen LogP contribution in [0.4, 0.5) is 4.39 Å². The molecule has 5 rings (SSSR count). The van der Waals surface area contributed by atoms with Gasteiger partial charge in [0.2, 0.25) is 11.8 Å². The van der Waals surface area contributed by atoms with E-state index in [4.69, 9.17) is 0 Å². The molecule has 2 aliphatic rings. The van der Waals surface area contributed by atoms with Gasteiger partial charge < -0.3 is 20.8 Å². The molecular formula is C36H46FN5O4. The highest BCUT2D eigenvalue weighted by molar-refractivity contribution is 5.83. The zero-order chi connectivity index (χ0) is 32.8. The molecule has 246 valence electrons. The fraction of sp³-hybridized carbons (Fsp3) is 0.472. The molecule has 2 amide bonds. The Balaban J connectivity index is 1.32. The van der Waals surface area contributed by atoms with E-state index in [1.807, 2.05) is 92.4 Å². The minimum atomic E-state index is -1.92. The molecule has 1 saturated heterocycles. The SMILES string of the molecule is CC(C)(C)NC(=O)[C@@H]1CN(Cc2cccnc2)CCN1C[C@@H](O)[C@@H](F)[C@@H](Cc1ccccc1)C(=O)NC1c2ccccc2C[C@H]1O. The van der Waals surface area contributed by atoms with Crippen molar-refractivity contribution in [2.24, 2.45) is 5.92 Å². The van der Waals surface area contributed by atoms with E-state index in [1.54, 1.807) is 12.4 Å². The minimum absolute atomic E-state index is 0.0716. The van der Waals surface area contributed by atoms with Crippen molar-refractivity contribution in [2.45, 2.75) is 76.2 Å². The normalized spacial score (nSPS) is 22.4. The van der Waals surface area contributed by atoms with Crippen LogP contribution >= 0.6 is 0 Å². The molecule has 1 aromatic heterocycles. The lowest BCUT2D eigenvalue weighted by molar-refractivity contribution is -0.135. The Kier molecular flexibility index (Phi) is 10.8. The molecule has 1 fully saturated rings. The Morgan fingerprint density at radius 2 is 1.74 bits per heavy atom. The number of carbonyl (C=O) groups excluding carboxylic acids is 2. The number of aliphatic hydroxyl groups is 2. The molecule has 1 aliphatic heterocycles. The van der Waals surface area contributed by atoms with Crippen LogP contribution in [-0.2, 0) is 29.0 Å². The summed E-state index contributed by atoms with van der Waals surface area (Å²) in [6.45, 7) is 7.67. The number of fused-ring (bicyclic) bond motifs is 1. The number of β-amino-alcohol motifs (C(OH)–C–C–N with tert-alkyl or cyclic N) is 1. The summed E-state index contributed by atoms with van der Waals surface area (Å²) in [6.07, 6.45) is -0.292. The van der Waals surface area contributed by atoms with Gasteiger partial charge in [0.05, 0.1) is 24.2 Å². The summed E-state index contributed by atoms with van der Waals surface area (Å²) in [5, 5.41) is 28.1. The quantitative estimate of drug-likeness (QED) is 0.257. The van der Waals surface area contributed by atoms with Crippen LogP contribution in [-0.4, -0.2) is 93.0 Å². The third-order valence-corrected chi connectivity index (χ3v) is 8.82. The number of nitrogens with one attached hydrogen (secondary N) is 2. The van der Waals surface area contributed by atoms with E-state index in [9.17, 15) is 19.8 Å². The largest absolute Gasteiger partial charge is 0.390 e. The Morgan fingerprint density at radius 3 is 2.46 bits per heavy atom. The van der Waals surface area contributed by atoms with E-state index < -0.39 is 47.8 Å². The van der Waals surface area contributed by atoms with Crippen molar-refractivity contribution in [2.75, 3.05) is 26.2 Å². The predicted molar refractivity (Wildman–Crippen MR) is 174 cm³/mol. The first kappa shape index (κ1) is 33.7. The van der Waals surface area contributed by atoms with Gasteiger partial charge in [-0.1, -0.05) is 60.7 Å². The third-order valence-electron chi connectivity index (χ3n) is 8.82. The number of aromatic nitrogens is 1. The summed E-state index contributed by atoms with van der Waals surface area (Å²) in [7, 11) is 0. The molecule has 10 heteroatoms.